The Balaban J connectivity index is 2.26. The van der Waals surface area contributed by atoms with Crippen molar-refractivity contribution in [1.29, 1.82) is 5.26 Å². The molecule has 0 radical (unpaired) electrons. The summed E-state index contributed by atoms with van der Waals surface area (Å²) in [5.74, 6) is -0.396. The van der Waals surface area contributed by atoms with Crippen LogP contribution in [0.1, 0.15) is 16.7 Å². The maximum Gasteiger partial charge on any atom is 0.266 e. The van der Waals surface area contributed by atoms with E-state index in [-0.39, 0.29) is 5.57 Å². The first-order valence-corrected chi connectivity index (χ1v) is 7.83. The first-order chi connectivity index (χ1) is 10.5. The van der Waals surface area contributed by atoms with E-state index in [0.717, 1.165) is 20.3 Å². The molecule has 0 aliphatic heterocycles. The fraction of sp³-hybridized carbons (Fsp3) is 0.111. The number of carbonyl (C=O) groups is 1. The van der Waals surface area contributed by atoms with Crippen LogP contribution in [0.25, 0.3) is 6.08 Å². The van der Waals surface area contributed by atoms with E-state index in [1.165, 1.54) is 0 Å². The summed E-state index contributed by atoms with van der Waals surface area (Å²) in [6.45, 7) is 3.94. The molecule has 0 aliphatic rings. The molecular formula is C18H15IN2O. The van der Waals surface area contributed by atoms with Gasteiger partial charge < -0.3 is 5.32 Å². The second-order valence-corrected chi connectivity index (χ2v) is 6.18. The lowest BCUT2D eigenvalue weighted by molar-refractivity contribution is -0.112. The predicted molar refractivity (Wildman–Crippen MR) is 97.3 cm³/mol. The van der Waals surface area contributed by atoms with Crippen molar-refractivity contribution in [3.63, 3.8) is 0 Å². The number of nitrogens with one attached hydrogen (secondary N) is 1. The zero-order valence-electron chi connectivity index (χ0n) is 12.4. The highest BCUT2D eigenvalue weighted by Crippen LogP contribution is 2.17. The molecule has 0 atom stereocenters. The molecule has 0 aliphatic carbocycles. The van der Waals surface area contributed by atoms with Crippen LogP contribution in [0.3, 0.4) is 0 Å². The third kappa shape index (κ3) is 4.18. The number of rotatable bonds is 3. The predicted octanol–water partition coefficient (Wildman–Crippen LogP) is 4.45. The molecule has 1 N–H and O–H groups in total. The Bertz CT molecular complexity index is 768. The third-order valence-electron chi connectivity index (χ3n) is 3.05. The number of nitriles is 1. The Morgan fingerprint density at radius 2 is 1.82 bits per heavy atom. The van der Waals surface area contributed by atoms with E-state index in [0.29, 0.717) is 5.69 Å². The van der Waals surface area contributed by atoms with Crippen LogP contribution < -0.4 is 5.32 Å². The fourth-order valence-corrected chi connectivity index (χ4v) is 2.68. The van der Waals surface area contributed by atoms with E-state index in [1.54, 1.807) is 6.08 Å². The highest BCUT2D eigenvalue weighted by molar-refractivity contribution is 14.1. The molecule has 0 saturated carbocycles. The van der Waals surface area contributed by atoms with Gasteiger partial charge in [0.1, 0.15) is 11.6 Å². The Labute approximate surface area is 143 Å². The van der Waals surface area contributed by atoms with Crippen LogP contribution in [0, 0.1) is 28.7 Å². The van der Waals surface area contributed by atoms with E-state index in [9.17, 15) is 10.1 Å². The van der Waals surface area contributed by atoms with Crippen molar-refractivity contribution in [2.75, 3.05) is 5.32 Å². The normalized spacial score (nSPS) is 10.9. The van der Waals surface area contributed by atoms with Gasteiger partial charge in [-0.25, -0.2) is 0 Å². The highest BCUT2D eigenvalue weighted by atomic mass is 127. The number of aryl methyl sites for hydroxylation is 2. The van der Waals surface area contributed by atoms with Crippen molar-refractivity contribution in [1.82, 2.24) is 0 Å². The van der Waals surface area contributed by atoms with Crippen LogP contribution in [-0.2, 0) is 4.79 Å². The van der Waals surface area contributed by atoms with E-state index in [2.05, 4.69) is 27.9 Å². The van der Waals surface area contributed by atoms with Crippen molar-refractivity contribution < 1.29 is 4.79 Å². The van der Waals surface area contributed by atoms with Gasteiger partial charge in [-0.05, 0) is 77.4 Å². The molecule has 1 amide bonds. The number of halogens is 1. The molecule has 110 valence electrons. The number of amides is 1. The molecule has 0 fully saturated rings. The lowest BCUT2D eigenvalue weighted by atomic mass is 10.1. The monoisotopic (exact) mass is 402 g/mol. The molecule has 0 aromatic heterocycles. The molecule has 0 heterocycles. The second-order valence-electron chi connectivity index (χ2n) is 5.02. The Hall–Kier alpha value is -2.13. The Kier molecular flexibility index (Phi) is 5.34. The summed E-state index contributed by atoms with van der Waals surface area (Å²) in [6.07, 6.45) is 1.61. The number of carbonyl (C=O) groups excluding carboxylic acids is 1. The molecule has 2 aromatic carbocycles. The van der Waals surface area contributed by atoms with Gasteiger partial charge in [-0.1, -0.05) is 24.3 Å². The summed E-state index contributed by atoms with van der Waals surface area (Å²) in [5.41, 5.74) is 3.77. The van der Waals surface area contributed by atoms with E-state index < -0.39 is 5.91 Å². The molecule has 0 unspecified atom stereocenters. The molecule has 0 saturated heterocycles. The fourth-order valence-electron chi connectivity index (χ4n) is 2.14. The number of nitrogens with zero attached hydrogens (tertiary/aromatic N) is 1. The van der Waals surface area contributed by atoms with Crippen molar-refractivity contribution in [2.24, 2.45) is 0 Å². The van der Waals surface area contributed by atoms with Crippen molar-refractivity contribution >= 4 is 40.3 Å². The minimum atomic E-state index is -0.396. The van der Waals surface area contributed by atoms with Gasteiger partial charge in [-0.3, -0.25) is 4.79 Å². The smallest absolute Gasteiger partial charge is 0.266 e. The molecule has 3 nitrogen and oxygen atoms in total. The van der Waals surface area contributed by atoms with Gasteiger partial charge in [0, 0.05) is 9.26 Å². The standard InChI is InChI=1S/C18H15IN2O/c1-12-7-13(2)9-16(8-12)21-18(22)15(11-20)10-14-5-3-4-6-17(14)19/h3-10H,1-2H3,(H,21,22)/b15-10-. The molecule has 2 rings (SSSR count). The second kappa shape index (κ2) is 7.23. The van der Waals surface area contributed by atoms with Crippen LogP contribution in [0.4, 0.5) is 5.69 Å². The highest BCUT2D eigenvalue weighted by Gasteiger charge is 2.10. The quantitative estimate of drug-likeness (QED) is 0.469. The maximum absolute atomic E-state index is 12.3. The minimum Gasteiger partial charge on any atom is -0.321 e. The zero-order valence-corrected chi connectivity index (χ0v) is 14.5. The topological polar surface area (TPSA) is 52.9 Å². The van der Waals surface area contributed by atoms with E-state index in [1.807, 2.05) is 62.4 Å². The van der Waals surface area contributed by atoms with E-state index in [4.69, 9.17) is 0 Å². The van der Waals surface area contributed by atoms with Gasteiger partial charge in [-0.2, -0.15) is 5.26 Å². The lowest BCUT2D eigenvalue weighted by Gasteiger charge is -2.07. The summed E-state index contributed by atoms with van der Waals surface area (Å²) in [4.78, 5) is 12.3. The van der Waals surface area contributed by atoms with Crippen molar-refractivity contribution in [3.05, 3.63) is 68.3 Å². The first-order valence-electron chi connectivity index (χ1n) is 6.75. The zero-order chi connectivity index (χ0) is 16.1. The minimum absolute atomic E-state index is 0.0864. The molecule has 0 spiro atoms. The van der Waals surface area contributed by atoms with Crippen LogP contribution >= 0.6 is 22.6 Å². The number of benzene rings is 2. The Morgan fingerprint density at radius 3 is 2.41 bits per heavy atom. The summed E-state index contributed by atoms with van der Waals surface area (Å²) >= 11 is 2.18. The lowest BCUT2D eigenvalue weighted by Crippen LogP contribution is -2.13. The van der Waals surface area contributed by atoms with Crippen LogP contribution in [0.2, 0.25) is 0 Å². The molecule has 4 heteroatoms. The van der Waals surface area contributed by atoms with Crippen LogP contribution in [0.5, 0.6) is 0 Å². The summed E-state index contributed by atoms with van der Waals surface area (Å²) in [5, 5.41) is 12.0. The van der Waals surface area contributed by atoms with E-state index >= 15 is 0 Å². The molecule has 0 bridgehead atoms. The van der Waals surface area contributed by atoms with Crippen LogP contribution in [-0.4, -0.2) is 5.91 Å². The summed E-state index contributed by atoms with van der Waals surface area (Å²) < 4.78 is 0.993. The summed E-state index contributed by atoms with van der Waals surface area (Å²) in [7, 11) is 0. The van der Waals surface area contributed by atoms with Gasteiger partial charge in [-0.15, -0.1) is 0 Å². The van der Waals surface area contributed by atoms with Gasteiger partial charge in [0.25, 0.3) is 5.91 Å². The maximum atomic E-state index is 12.3. The third-order valence-corrected chi connectivity index (χ3v) is 4.03. The van der Waals surface area contributed by atoms with Crippen LogP contribution in [0.15, 0.2) is 48.0 Å². The number of hydrogen-bond donors (Lipinski definition) is 1. The molecule has 2 aromatic rings. The van der Waals surface area contributed by atoms with Gasteiger partial charge in [0.05, 0.1) is 0 Å². The first kappa shape index (κ1) is 16.2. The van der Waals surface area contributed by atoms with Gasteiger partial charge >= 0.3 is 0 Å². The van der Waals surface area contributed by atoms with Gasteiger partial charge in [0.15, 0.2) is 0 Å². The van der Waals surface area contributed by atoms with Crippen molar-refractivity contribution in [2.45, 2.75) is 13.8 Å². The number of anilines is 1. The van der Waals surface area contributed by atoms with Crippen molar-refractivity contribution in [3.8, 4) is 6.07 Å². The SMILES string of the molecule is Cc1cc(C)cc(NC(=O)/C(C#N)=C\c2ccccc2I)c1. The molecule has 22 heavy (non-hydrogen) atoms. The number of hydrogen-bond acceptors (Lipinski definition) is 2. The summed E-state index contributed by atoms with van der Waals surface area (Å²) in [6, 6.07) is 15.4. The largest absolute Gasteiger partial charge is 0.321 e. The average Bonchev–Trinajstić information content (AvgIpc) is 2.45. The average molecular weight is 402 g/mol. The Morgan fingerprint density at radius 1 is 1.18 bits per heavy atom. The van der Waals surface area contributed by atoms with Gasteiger partial charge in [0.2, 0.25) is 0 Å². The molecular weight excluding hydrogens is 387 g/mol.